The molecule has 0 saturated carbocycles. The van der Waals surface area contributed by atoms with Crippen LogP contribution in [0.5, 0.6) is 0 Å². The van der Waals surface area contributed by atoms with Crippen LogP contribution in [-0.4, -0.2) is 17.4 Å². The van der Waals surface area contributed by atoms with E-state index in [1.165, 1.54) is 40.3 Å². The number of carbonyl (C=O) groups excluding carboxylic acids is 1. The SMILES string of the molecule is CC(NC(=O)Cc1ccccc1)=C(CCNc1c2c(nc3cc(Cl)ccc13)CCCC2)SSCc1ccccc1. The fourth-order valence-corrected chi connectivity index (χ4v) is 7.73. The molecule has 1 heterocycles. The Labute approximate surface area is 249 Å². The third kappa shape index (κ3) is 7.62. The number of aryl methyl sites for hydroxylation is 1. The van der Waals surface area contributed by atoms with Gasteiger partial charge in [0.05, 0.1) is 11.9 Å². The van der Waals surface area contributed by atoms with E-state index in [2.05, 4.69) is 41.0 Å². The van der Waals surface area contributed by atoms with E-state index < -0.39 is 0 Å². The van der Waals surface area contributed by atoms with Gasteiger partial charge in [-0.2, -0.15) is 0 Å². The maximum atomic E-state index is 12.9. The number of pyridine rings is 1. The predicted molar refractivity (Wildman–Crippen MR) is 173 cm³/mol. The zero-order valence-corrected chi connectivity index (χ0v) is 25.1. The van der Waals surface area contributed by atoms with Gasteiger partial charge in [-0.3, -0.25) is 9.78 Å². The maximum absolute atomic E-state index is 12.9. The number of fused-ring (bicyclic) bond motifs is 2. The van der Waals surface area contributed by atoms with Crippen molar-refractivity contribution in [2.45, 2.75) is 51.2 Å². The molecule has 0 fully saturated rings. The summed E-state index contributed by atoms with van der Waals surface area (Å²) in [5, 5.41) is 8.76. The van der Waals surface area contributed by atoms with Crippen LogP contribution in [0.15, 0.2) is 89.5 Å². The number of carbonyl (C=O) groups is 1. The van der Waals surface area contributed by atoms with E-state index in [4.69, 9.17) is 16.6 Å². The van der Waals surface area contributed by atoms with Crippen LogP contribution in [0.2, 0.25) is 5.02 Å². The summed E-state index contributed by atoms with van der Waals surface area (Å²) in [6, 6.07) is 26.3. The average Bonchev–Trinajstić information content (AvgIpc) is 2.96. The highest BCUT2D eigenvalue weighted by molar-refractivity contribution is 8.77. The van der Waals surface area contributed by atoms with Crippen LogP contribution in [0.4, 0.5) is 5.69 Å². The Morgan fingerprint density at radius 1 is 0.950 bits per heavy atom. The van der Waals surface area contributed by atoms with Crippen molar-refractivity contribution in [1.82, 2.24) is 10.3 Å². The second-order valence-corrected chi connectivity index (χ2v) is 12.9. The molecule has 4 nitrogen and oxygen atoms in total. The van der Waals surface area contributed by atoms with Gasteiger partial charge < -0.3 is 10.6 Å². The molecule has 1 amide bonds. The van der Waals surface area contributed by atoms with Crippen molar-refractivity contribution in [3.05, 3.63) is 117 Å². The van der Waals surface area contributed by atoms with Crippen LogP contribution in [0.1, 0.15) is 48.6 Å². The Bertz CT molecular complexity index is 1490. The third-order valence-corrected chi connectivity index (χ3v) is 9.89. The quantitative estimate of drug-likeness (QED) is 0.172. The predicted octanol–water partition coefficient (Wildman–Crippen LogP) is 8.74. The highest BCUT2D eigenvalue weighted by atomic mass is 35.5. The second-order valence-electron chi connectivity index (χ2n) is 10.0. The van der Waals surface area contributed by atoms with E-state index in [0.29, 0.717) is 11.4 Å². The van der Waals surface area contributed by atoms with Crippen LogP contribution in [-0.2, 0) is 29.8 Å². The van der Waals surface area contributed by atoms with Crippen molar-refractivity contribution in [2.75, 3.05) is 11.9 Å². The molecule has 7 heteroatoms. The Kier molecular flexibility index (Phi) is 10.1. The summed E-state index contributed by atoms with van der Waals surface area (Å²) in [5.41, 5.74) is 7.88. The van der Waals surface area contributed by atoms with E-state index in [1.807, 2.05) is 55.5 Å². The molecule has 1 aliphatic rings. The van der Waals surface area contributed by atoms with E-state index in [-0.39, 0.29) is 5.91 Å². The molecule has 1 aromatic heterocycles. The second kappa shape index (κ2) is 14.1. The number of anilines is 1. The largest absolute Gasteiger partial charge is 0.384 e. The molecular weight excluding hydrogens is 554 g/mol. The van der Waals surface area contributed by atoms with Gasteiger partial charge in [0.15, 0.2) is 0 Å². The van der Waals surface area contributed by atoms with Crippen molar-refractivity contribution in [3.8, 4) is 0 Å². The first-order chi connectivity index (χ1) is 19.6. The third-order valence-electron chi connectivity index (χ3n) is 7.06. The number of allylic oxidation sites excluding steroid dienone is 1. The van der Waals surface area contributed by atoms with Gasteiger partial charge in [-0.15, -0.1) is 0 Å². The topological polar surface area (TPSA) is 54.0 Å². The maximum Gasteiger partial charge on any atom is 0.228 e. The van der Waals surface area contributed by atoms with Gasteiger partial charge >= 0.3 is 0 Å². The number of nitrogens with zero attached hydrogens (tertiary/aromatic N) is 1. The van der Waals surface area contributed by atoms with E-state index >= 15 is 0 Å². The van der Waals surface area contributed by atoms with Gasteiger partial charge in [-0.05, 0) is 73.9 Å². The molecular formula is C33H34ClN3OS2. The smallest absolute Gasteiger partial charge is 0.228 e. The summed E-state index contributed by atoms with van der Waals surface area (Å²) in [7, 11) is 3.56. The van der Waals surface area contributed by atoms with Crippen molar-refractivity contribution in [2.24, 2.45) is 0 Å². The molecule has 3 aromatic carbocycles. The van der Waals surface area contributed by atoms with Crippen molar-refractivity contribution in [3.63, 3.8) is 0 Å². The fraction of sp³-hybridized carbons (Fsp3) is 0.273. The van der Waals surface area contributed by atoms with Gasteiger partial charge in [0, 0.05) is 44.7 Å². The van der Waals surface area contributed by atoms with Crippen molar-refractivity contribution < 1.29 is 4.79 Å². The van der Waals surface area contributed by atoms with Gasteiger partial charge in [-0.1, -0.05) is 93.9 Å². The molecule has 0 unspecified atom stereocenters. The Morgan fingerprint density at radius 3 is 2.45 bits per heavy atom. The summed E-state index contributed by atoms with van der Waals surface area (Å²) in [4.78, 5) is 19.0. The Balaban J connectivity index is 1.32. The van der Waals surface area contributed by atoms with Crippen molar-refractivity contribution >= 4 is 55.7 Å². The number of hydrogen-bond donors (Lipinski definition) is 2. The first kappa shape index (κ1) is 28.6. The molecule has 2 N–H and O–H groups in total. The Morgan fingerprint density at radius 2 is 1.68 bits per heavy atom. The number of rotatable bonds is 11. The summed E-state index contributed by atoms with van der Waals surface area (Å²) in [6.07, 6.45) is 5.58. The number of halogens is 1. The summed E-state index contributed by atoms with van der Waals surface area (Å²) in [6.45, 7) is 2.77. The molecule has 1 aliphatic carbocycles. The molecule has 0 radical (unpaired) electrons. The molecule has 0 spiro atoms. The van der Waals surface area contributed by atoms with Crippen molar-refractivity contribution in [1.29, 1.82) is 0 Å². The Hall–Kier alpha value is -2.93. The monoisotopic (exact) mass is 587 g/mol. The molecule has 0 bridgehead atoms. The molecule has 4 aromatic rings. The number of nitrogens with one attached hydrogen (secondary N) is 2. The lowest BCUT2D eigenvalue weighted by atomic mass is 9.92. The molecule has 40 heavy (non-hydrogen) atoms. The molecule has 5 rings (SSSR count). The first-order valence-electron chi connectivity index (χ1n) is 13.8. The lowest BCUT2D eigenvalue weighted by Gasteiger charge is -2.22. The summed E-state index contributed by atoms with van der Waals surface area (Å²) >= 11 is 6.31. The van der Waals surface area contributed by atoms with Crippen LogP contribution in [0.3, 0.4) is 0 Å². The summed E-state index contributed by atoms with van der Waals surface area (Å²) < 4.78 is 0. The van der Waals surface area contributed by atoms with Gasteiger partial charge in [0.25, 0.3) is 0 Å². The molecule has 0 atom stereocenters. The lowest BCUT2D eigenvalue weighted by molar-refractivity contribution is -0.119. The van der Waals surface area contributed by atoms with Gasteiger partial charge in [0.2, 0.25) is 5.91 Å². The molecule has 0 aliphatic heterocycles. The minimum Gasteiger partial charge on any atom is -0.384 e. The molecule has 206 valence electrons. The van der Waals surface area contributed by atoms with Crippen LogP contribution in [0.25, 0.3) is 10.9 Å². The average molecular weight is 588 g/mol. The van der Waals surface area contributed by atoms with Crippen LogP contribution < -0.4 is 10.6 Å². The standard InChI is InChI=1S/C33H34ClN3OS2/c1-23(36-32(38)20-24-10-4-2-5-11-24)31(40-39-22-25-12-6-3-7-13-25)18-19-35-33-27-14-8-9-15-29(27)37-30-21-26(34)16-17-28(30)33/h2-7,10-13,16-17,21H,8-9,14-15,18-20,22H2,1H3,(H,35,37)(H,36,38). The zero-order valence-electron chi connectivity index (χ0n) is 22.7. The van der Waals surface area contributed by atoms with Crippen LogP contribution >= 0.6 is 33.2 Å². The molecule has 0 saturated heterocycles. The first-order valence-corrected chi connectivity index (χ1v) is 16.5. The minimum atomic E-state index is 0.00824. The number of benzene rings is 3. The zero-order chi connectivity index (χ0) is 27.7. The van der Waals surface area contributed by atoms with E-state index in [9.17, 15) is 4.79 Å². The lowest BCUT2D eigenvalue weighted by Crippen LogP contribution is -2.24. The highest BCUT2D eigenvalue weighted by Crippen LogP contribution is 2.38. The number of amides is 1. The van der Waals surface area contributed by atoms with Crippen LogP contribution in [0, 0.1) is 0 Å². The van der Waals surface area contributed by atoms with E-state index in [0.717, 1.165) is 53.7 Å². The fourth-order valence-electron chi connectivity index (χ4n) is 5.04. The summed E-state index contributed by atoms with van der Waals surface area (Å²) in [5.74, 6) is 0.908. The minimum absolute atomic E-state index is 0.00824. The number of hydrogen-bond acceptors (Lipinski definition) is 5. The van der Waals surface area contributed by atoms with Gasteiger partial charge in [-0.25, -0.2) is 0 Å². The van der Waals surface area contributed by atoms with Gasteiger partial charge in [0.1, 0.15) is 0 Å². The normalized spacial score (nSPS) is 13.4. The highest BCUT2D eigenvalue weighted by Gasteiger charge is 2.19. The number of aromatic nitrogens is 1. The van der Waals surface area contributed by atoms with E-state index in [1.54, 1.807) is 21.6 Å².